The Morgan fingerprint density at radius 2 is 2.05 bits per heavy atom. The second kappa shape index (κ2) is 5.52. The summed E-state index contributed by atoms with van der Waals surface area (Å²) in [5.41, 5.74) is 0.775. The van der Waals surface area contributed by atoms with E-state index >= 15 is 0 Å². The van der Waals surface area contributed by atoms with Gasteiger partial charge in [0.1, 0.15) is 23.6 Å². The van der Waals surface area contributed by atoms with Crippen LogP contribution in [0.2, 0.25) is 0 Å². The minimum Gasteiger partial charge on any atom is -0.489 e. The molecule has 0 aliphatic rings. The number of nitrogens with zero attached hydrogens (tertiary/aromatic N) is 2. The van der Waals surface area contributed by atoms with Crippen LogP contribution in [0.25, 0.3) is 11.0 Å². The van der Waals surface area contributed by atoms with Gasteiger partial charge in [0, 0.05) is 0 Å². The summed E-state index contributed by atoms with van der Waals surface area (Å²) in [5.74, 6) is 0.551. The van der Waals surface area contributed by atoms with Gasteiger partial charge in [0.2, 0.25) is 0 Å². The molecule has 1 aromatic carbocycles. The second-order valence-corrected chi connectivity index (χ2v) is 4.92. The molecular weight excluding hydrogens is 293 g/mol. The van der Waals surface area contributed by atoms with Crippen molar-refractivity contribution in [3.63, 3.8) is 0 Å². The molecule has 0 spiro atoms. The highest BCUT2D eigenvalue weighted by Gasteiger charge is 2.30. The van der Waals surface area contributed by atoms with E-state index in [2.05, 4.69) is 4.98 Å². The molecular formula is C13H14ClF3N2O. The van der Waals surface area contributed by atoms with Gasteiger partial charge < -0.3 is 9.30 Å². The van der Waals surface area contributed by atoms with Crippen molar-refractivity contribution in [2.75, 3.05) is 0 Å². The summed E-state index contributed by atoms with van der Waals surface area (Å²) in [6.45, 7) is 2.57. The lowest BCUT2D eigenvalue weighted by Gasteiger charge is -2.12. The highest BCUT2D eigenvalue weighted by atomic mass is 35.5. The van der Waals surface area contributed by atoms with E-state index in [0.29, 0.717) is 16.8 Å². The van der Waals surface area contributed by atoms with Crippen molar-refractivity contribution >= 4 is 22.6 Å². The molecule has 1 aromatic heterocycles. The van der Waals surface area contributed by atoms with Gasteiger partial charge in [0.05, 0.1) is 17.5 Å². The first-order valence-corrected chi connectivity index (χ1v) is 6.63. The molecule has 0 amide bonds. The molecule has 0 fully saturated rings. The van der Waals surface area contributed by atoms with Crippen molar-refractivity contribution in [2.45, 2.75) is 38.6 Å². The van der Waals surface area contributed by atoms with Crippen LogP contribution >= 0.6 is 11.6 Å². The van der Waals surface area contributed by atoms with Gasteiger partial charge >= 0.3 is 6.18 Å². The van der Waals surface area contributed by atoms with E-state index in [1.54, 1.807) is 18.2 Å². The summed E-state index contributed by atoms with van der Waals surface area (Å²) in [5, 5.41) is 0. The Bertz CT molecular complexity index is 607. The summed E-state index contributed by atoms with van der Waals surface area (Å²) in [7, 11) is 0. The largest absolute Gasteiger partial charge is 0.489 e. The molecule has 20 heavy (non-hydrogen) atoms. The van der Waals surface area contributed by atoms with Gasteiger partial charge in [-0.15, -0.1) is 11.6 Å². The molecule has 110 valence electrons. The number of aromatic nitrogens is 2. The van der Waals surface area contributed by atoms with Gasteiger partial charge in [0.25, 0.3) is 0 Å². The fraction of sp³-hybridized carbons (Fsp3) is 0.462. The monoisotopic (exact) mass is 306 g/mol. The van der Waals surface area contributed by atoms with E-state index < -0.39 is 12.7 Å². The van der Waals surface area contributed by atoms with Crippen LogP contribution in [0, 0.1) is 0 Å². The van der Waals surface area contributed by atoms with E-state index in [1.165, 1.54) is 0 Å². The minimum absolute atomic E-state index is 0.0900. The van der Waals surface area contributed by atoms with Crippen LogP contribution in [0.3, 0.4) is 0 Å². The van der Waals surface area contributed by atoms with Crippen LogP contribution in [0.15, 0.2) is 18.2 Å². The number of fused-ring (bicyclic) bond motifs is 1. The van der Waals surface area contributed by atoms with E-state index in [-0.39, 0.29) is 17.8 Å². The molecule has 7 heteroatoms. The Morgan fingerprint density at radius 3 is 2.60 bits per heavy atom. The highest BCUT2D eigenvalue weighted by Crippen LogP contribution is 2.30. The highest BCUT2D eigenvalue weighted by molar-refractivity contribution is 6.16. The van der Waals surface area contributed by atoms with Crippen LogP contribution in [-0.4, -0.2) is 21.8 Å². The Balaban J connectivity index is 2.57. The number of hydrogen-bond donors (Lipinski definition) is 0. The summed E-state index contributed by atoms with van der Waals surface area (Å²) in [6.07, 6.45) is -4.42. The van der Waals surface area contributed by atoms with Gasteiger partial charge in [-0.25, -0.2) is 4.98 Å². The number of hydrogen-bond acceptors (Lipinski definition) is 2. The second-order valence-electron chi connectivity index (χ2n) is 4.65. The van der Waals surface area contributed by atoms with E-state index in [4.69, 9.17) is 16.3 Å². The fourth-order valence-electron chi connectivity index (χ4n) is 1.98. The lowest BCUT2D eigenvalue weighted by molar-refractivity contribution is -0.140. The van der Waals surface area contributed by atoms with E-state index in [0.717, 1.165) is 4.57 Å². The number of rotatable bonds is 4. The summed E-state index contributed by atoms with van der Waals surface area (Å²) >= 11 is 5.70. The van der Waals surface area contributed by atoms with E-state index in [1.807, 2.05) is 13.8 Å². The summed E-state index contributed by atoms with van der Waals surface area (Å²) < 4.78 is 44.6. The van der Waals surface area contributed by atoms with E-state index in [9.17, 15) is 13.2 Å². The Hall–Kier alpha value is -1.43. The van der Waals surface area contributed by atoms with Crippen LogP contribution in [0.4, 0.5) is 13.2 Å². The third kappa shape index (κ3) is 3.17. The maximum atomic E-state index is 12.7. The first kappa shape index (κ1) is 15.0. The molecule has 1 heterocycles. The maximum Gasteiger partial charge on any atom is 0.406 e. The molecule has 2 aromatic rings. The smallest absolute Gasteiger partial charge is 0.406 e. The number of halogens is 4. The number of ether oxygens (including phenoxy) is 1. The quantitative estimate of drug-likeness (QED) is 0.794. The van der Waals surface area contributed by atoms with Crippen molar-refractivity contribution < 1.29 is 17.9 Å². The van der Waals surface area contributed by atoms with Crippen molar-refractivity contribution in [1.82, 2.24) is 9.55 Å². The first-order chi connectivity index (χ1) is 9.31. The minimum atomic E-state index is -4.33. The molecule has 0 bridgehead atoms. The molecule has 0 unspecified atom stereocenters. The number of para-hydroxylation sites is 1. The maximum absolute atomic E-state index is 12.7. The standard InChI is InChI=1S/C13H14ClF3N2O/c1-8(2)20-10-5-3-4-9-12(10)18-11(6-14)19(9)7-13(15,16)17/h3-5,8H,6-7H2,1-2H3. The van der Waals surface area contributed by atoms with Gasteiger partial charge in [-0.1, -0.05) is 6.07 Å². The molecule has 0 saturated carbocycles. The van der Waals surface area contributed by atoms with Crippen LogP contribution in [0.5, 0.6) is 5.75 Å². The normalized spacial score (nSPS) is 12.3. The zero-order chi connectivity index (χ0) is 14.9. The van der Waals surface area contributed by atoms with Gasteiger partial charge in [-0.05, 0) is 26.0 Å². The molecule has 0 aliphatic carbocycles. The van der Waals surface area contributed by atoms with Crippen LogP contribution in [-0.2, 0) is 12.4 Å². The van der Waals surface area contributed by atoms with Gasteiger partial charge in [-0.2, -0.15) is 13.2 Å². The average Bonchev–Trinajstić information content (AvgIpc) is 2.66. The molecule has 0 radical (unpaired) electrons. The fourth-order valence-corrected chi connectivity index (χ4v) is 2.18. The Labute approximate surface area is 119 Å². The van der Waals surface area contributed by atoms with Crippen molar-refractivity contribution in [2.24, 2.45) is 0 Å². The van der Waals surface area contributed by atoms with Gasteiger partial charge in [0.15, 0.2) is 0 Å². The molecule has 0 N–H and O–H groups in total. The summed E-state index contributed by atoms with van der Waals surface area (Å²) in [4.78, 5) is 4.17. The first-order valence-electron chi connectivity index (χ1n) is 6.09. The SMILES string of the molecule is CC(C)Oc1cccc2c1nc(CCl)n2CC(F)(F)F. The van der Waals surface area contributed by atoms with Crippen LogP contribution in [0.1, 0.15) is 19.7 Å². The van der Waals surface area contributed by atoms with Crippen molar-refractivity contribution in [1.29, 1.82) is 0 Å². The summed E-state index contributed by atoms with van der Waals surface area (Å²) in [6, 6.07) is 4.91. The lowest BCUT2D eigenvalue weighted by atomic mass is 10.3. The molecule has 2 rings (SSSR count). The topological polar surface area (TPSA) is 27.1 Å². The Morgan fingerprint density at radius 1 is 1.35 bits per heavy atom. The molecule has 0 atom stereocenters. The Kier molecular flexibility index (Phi) is 4.13. The van der Waals surface area contributed by atoms with Crippen LogP contribution < -0.4 is 4.74 Å². The third-order valence-corrected chi connectivity index (χ3v) is 2.88. The zero-order valence-corrected chi connectivity index (χ0v) is 11.8. The van der Waals surface area contributed by atoms with Crippen molar-refractivity contribution in [3.05, 3.63) is 24.0 Å². The predicted molar refractivity (Wildman–Crippen MR) is 71.1 cm³/mol. The molecule has 0 saturated heterocycles. The number of benzene rings is 1. The van der Waals surface area contributed by atoms with Gasteiger partial charge in [-0.3, -0.25) is 0 Å². The molecule has 3 nitrogen and oxygen atoms in total. The average molecular weight is 307 g/mol. The number of imidazole rings is 1. The molecule has 0 aliphatic heterocycles. The predicted octanol–water partition coefficient (Wildman–Crippen LogP) is 4.12. The lowest BCUT2D eigenvalue weighted by Crippen LogP contribution is -2.19. The zero-order valence-electron chi connectivity index (χ0n) is 11.0. The third-order valence-electron chi connectivity index (χ3n) is 2.64. The van der Waals surface area contributed by atoms with Crippen molar-refractivity contribution in [3.8, 4) is 5.75 Å². The number of alkyl halides is 4.